The average molecular weight is 343 g/mol. The van der Waals surface area contributed by atoms with Gasteiger partial charge in [0.15, 0.2) is 0 Å². The monoisotopic (exact) mass is 343 g/mol. The summed E-state index contributed by atoms with van der Waals surface area (Å²) in [5.74, 6) is -0.0408. The Morgan fingerprint density at radius 1 is 1.04 bits per heavy atom. The van der Waals surface area contributed by atoms with Gasteiger partial charge in [0.25, 0.3) is 5.91 Å². The van der Waals surface area contributed by atoms with Crippen molar-refractivity contribution in [1.29, 1.82) is 0 Å². The number of hydrogen-bond donors (Lipinski definition) is 0. The minimum Gasteiger partial charge on any atom is -0.342 e. The molecule has 4 heteroatoms. The molecule has 26 heavy (non-hydrogen) atoms. The maximum absolute atomic E-state index is 13.1. The molecule has 0 bridgehead atoms. The van der Waals surface area contributed by atoms with Crippen LogP contribution in [-0.2, 0) is 6.42 Å². The van der Waals surface area contributed by atoms with E-state index in [-0.39, 0.29) is 5.91 Å². The van der Waals surface area contributed by atoms with E-state index < -0.39 is 0 Å². The lowest BCUT2D eigenvalue weighted by Gasteiger charge is -2.24. The first-order valence-electron chi connectivity index (χ1n) is 8.96. The van der Waals surface area contributed by atoms with E-state index in [1.54, 1.807) is 6.20 Å². The van der Waals surface area contributed by atoms with Crippen molar-refractivity contribution in [1.82, 2.24) is 4.98 Å². The molecule has 0 saturated heterocycles. The number of fused-ring (bicyclic) bond motifs is 1. The summed E-state index contributed by atoms with van der Waals surface area (Å²) >= 11 is 0. The second kappa shape index (κ2) is 7.00. The van der Waals surface area contributed by atoms with E-state index in [0.29, 0.717) is 12.2 Å². The van der Waals surface area contributed by atoms with Gasteiger partial charge in [0.2, 0.25) is 0 Å². The van der Waals surface area contributed by atoms with Crippen molar-refractivity contribution < 1.29 is 4.79 Å². The Labute approximate surface area is 153 Å². The van der Waals surface area contributed by atoms with Gasteiger partial charge in [-0.15, -0.1) is 0 Å². The average Bonchev–Trinajstić information content (AvgIpc) is 3.13. The maximum atomic E-state index is 13.1. The number of anilines is 3. The summed E-state index contributed by atoms with van der Waals surface area (Å²) in [6.07, 6.45) is 2.61. The molecule has 4 nitrogen and oxygen atoms in total. The van der Waals surface area contributed by atoms with E-state index in [2.05, 4.69) is 35.0 Å². The van der Waals surface area contributed by atoms with Crippen LogP contribution >= 0.6 is 0 Å². The number of carbonyl (C=O) groups excluding carboxylic acids is 1. The van der Waals surface area contributed by atoms with Gasteiger partial charge in [-0.3, -0.25) is 9.78 Å². The van der Waals surface area contributed by atoms with E-state index >= 15 is 0 Å². The number of rotatable bonds is 4. The van der Waals surface area contributed by atoms with Crippen molar-refractivity contribution in [2.45, 2.75) is 13.3 Å². The van der Waals surface area contributed by atoms with Gasteiger partial charge in [-0.05, 0) is 49.2 Å². The second-order valence-corrected chi connectivity index (χ2v) is 6.31. The topological polar surface area (TPSA) is 36.4 Å². The third-order valence-electron chi connectivity index (χ3n) is 4.79. The number of benzene rings is 2. The quantitative estimate of drug-likeness (QED) is 0.702. The molecule has 0 radical (unpaired) electrons. The Hall–Kier alpha value is -3.14. The predicted molar refractivity (Wildman–Crippen MR) is 105 cm³/mol. The van der Waals surface area contributed by atoms with Crippen molar-refractivity contribution in [3.8, 4) is 0 Å². The number of nitrogens with zero attached hydrogens (tertiary/aromatic N) is 3. The molecule has 0 spiro atoms. The van der Waals surface area contributed by atoms with Crippen LogP contribution in [0, 0.1) is 0 Å². The molecule has 130 valence electrons. The minimum absolute atomic E-state index is 0.0408. The first-order chi connectivity index (χ1) is 12.8. The van der Waals surface area contributed by atoms with Crippen LogP contribution in [0.5, 0.6) is 0 Å². The number of aromatic nitrogens is 1. The maximum Gasteiger partial charge on any atom is 0.276 e. The van der Waals surface area contributed by atoms with Crippen LogP contribution in [0.15, 0.2) is 72.9 Å². The van der Waals surface area contributed by atoms with Crippen molar-refractivity contribution in [3.63, 3.8) is 0 Å². The molecule has 1 amide bonds. The highest BCUT2D eigenvalue weighted by atomic mass is 16.2. The van der Waals surface area contributed by atoms with Gasteiger partial charge in [-0.2, -0.15) is 0 Å². The molecule has 0 N–H and O–H groups in total. The normalized spacial score (nSPS) is 12.7. The molecule has 2 aromatic carbocycles. The largest absolute Gasteiger partial charge is 0.342 e. The lowest BCUT2D eigenvalue weighted by atomic mass is 10.2. The number of para-hydroxylation sites is 2. The van der Waals surface area contributed by atoms with Crippen LogP contribution < -0.4 is 9.80 Å². The zero-order chi connectivity index (χ0) is 17.9. The number of carbonyl (C=O) groups is 1. The van der Waals surface area contributed by atoms with Gasteiger partial charge in [-0.25, -0.2) is 0 Å². The van der Waals surface area contributed by atoms with Crippen LogP contribution in [0.2, 0.25) is 0 Å². The molecular weight excluding hydrogens is 322 g/mol. The smallest absolute Gasteiger partial charge is 0.276 e. The Morgan fingerprint density at radius 3 is 2.62 bits per heavy atom. The standard InChI is InChI=1S/C22H21N3O/c1-2-24(18-9-4-3-5-10-18)19-12-14-23-20(16-19)22(26)25-15-13-17-8-6-7-11-21(17)25/h3-12,14,16H,2,13,15H2,1H3. The minimum atomic E-state index is -0.0408. The first-order valence-corrected chi connectivity index (χ1v) is 8.96. The number of amides is 1. The van der Waals surface area contributed by atoms with Crippen LogP contribution in [0.4, 0.5) is 17.1 Å². The van der Waals surface area contributed by atoms with Gasteiger partial charge in [-0.1, -0.05) is 36.4 Å². The molecule has 1 aliphatic rings. The van der Waals surface area contributed by atoms with Crippen LogP contribution in [-0.4, -0.2) is 24.0 Å². The number of pyridine rings is 1. The molecular formula is C22H21N3O. The Balaban J connectivity index is 1.65. The highest BCUT2D eigenvalue weighted by Crippen LogP contribution is 2.30. The summed E-state index contributed by atoms with van der Waals surface area (Å²) in [7, 11) is 0. The van der Waals surface area contributed by atoms with Gasteiger partial charge in [0.1, 0.15) is 5.69 Å². The summed E-state index contributed by atoms with van der Waals surface area (Å²) in [6, 6.07) is 22.1. The first kappa shape index (κ1) is 16.3. The molecule has 3 aromatic rings. The highest BCUT2D eigenvalue weighted by molar-refractivity contribution is 6.06. The van der Waals surface area contributed by atoms with E-state index in [1.165, 1.54) is 5.56 Å². The molecule has 0 saturated carbocycles. The predicted octanol–water partition coefficient (Wildman–Crippen LogP) is 4.44. The lowest BCUT2D eigenvalue weighted by Crippen LogP contribution is -2.30. The van der Waals surface area contributed by atoms with Crippen molar-refractivity contribution in [3.05, 3.63) is 84.2 Å². The van der Waals surface area contributed by atoms with Crippen LogP contribution in [0.3, 0.4) is 0 Å². The summed E-state index contributed by atoms with van der Waals surface area (Å²) < 4.78 is 0. The van der Waals surface area contributed by atoms with Gasteiger partial charge < -0.3 is 9.80 Å². The fourth-order valence-electron chi connectivity index (χ4n) is 3.51. The third kappa shape index (κ3) is 2.94. The molecule has 0 fully saturated rings. The molecule has 2 heterocycles. The fraction of sp³-hybridized carbons (Fsp3) is 0.182. The molecule has 0 unspecified atom stereocenters. The summed E-state index contributed by atoms with van der Waals surface area (Å²) in [6.45, 7) is 3.63. The van der Waals surface area contributed by atoms with Gasteiger partial charge in [0, 0.05) is 36.3 Å². The van der Waals surface area contributed by atoms with Crippen molar-refractivity contribution >= 4 is 23.0 Å². The Morgan fingerprint density at radius 2 is 1.81 bits per heavy atom. The molecule has 0 aliphatic carbocycles. The molecule has 0 atom stereocenters. The van der Waals surface area contributed by atoms with Crippen molar-refractivity contribution in [2.24, 2.45) is 0 Å². The SMILES string of the molecule is CCN(c1ccccc1)c1ccnc(C(=O)N2CCc3ccccc32)c1. The van der Waals surface area contributed by atoms with Gasteiger partial charge in [0.05, 0.1) is 0 Å². The van der Waals surface area contributed by atoms with E-state index in [0.717, 1.165) is 30.0 Å². The van der Waals surface area contributed by atoms with E-state index in [4.69, 9.17) is 0 Å². The highest BCUT2D eigenvalue weighted by Gasteiger charge is 2.26. The van der Waals surface area contributed by atoms with Crippen LogP contribution in [0.25, 0.3) is 0 Å². The molecule has 4 rings (SSSR count). The Bertz CT molecular complexity index is 923. The van der Waals surface area contributed by atoms with E-state index in [9.17, 15) is 4.79 Å². The second-order valence-electron chi connectivity index (χ2n) is 6.31. The summed E-state index contributed by atoms with van der Waals surface area (Å²) in [5, 5.41) is 0. The van der Waals surface area contributed by atoms with Crippen molar-refractivity contribution in [2.75, 3.05) is 22.9 Å². The molecule has 1 aliphatic heterocycles. The summed E-state index contributed by atoms with van der Waals surface area (Å²) in [5.41, 5.74) is 4.78. The fourth-order valence-corrected chi connectivity index (χ4v) is 3.51. The summed E-state index contributed by atoms with van der Waals surface area (Å²) in [4.78, 5) is 21.4. The van der Waals surface area contributed by atoms with E-state index in [1.807, 2.05) is 53.4 Å². The molecule has 1 aromatic heterocycles. The van der Waals surface area contributed by atoms with Gasteiger partial charge >= 0.3 is 0 Å². The Kier molecular flexibility index (Phi) is 4.40. The van der Waals surface area contributed by atoms with Crippen LogP contribution in [0.1, 0.15) is 23.0 Å². The third-order valence-corrected chi connectivity index (χ3v) is 4.79. The zero-order valence-corrected chi connectivity index (χ0v) is 14.8. The zero-order valence-electron chi connectivity index (χ0n) is 14.8. The number of hydrogen-bond acceptors (Lipinski definition) is 3. The lowest BCUT2D eigenvalue weighted by molar-refractivity contribution is 0.0984.